The lowest BCUT2D eigenvalue weighted by atomic mass is 10.1. The number of hydrogen-bond acceptors (Lipinski definition) is 5. The van der Waals surface area contributed by atoms with Gasteiger partial charge in [-0.25, -0.2) is 0 Å². The van der Waals surface area contributed by atoms with Crippen LogP contribution in [0, 0.1) is 16.7 Å². The molecule has 0 saturated heterocycles. The molecule has 0 spiro atoms. The average Bonchev–Trinajstić information content (AvgIpc) is 3.04. The summed E-state index contributed by atoms with van der Waals surface area (Å²) in [4.78, 5) is 12.0. The molecule has 0 atom stereocenters. The van der Waals surface area contributed by atoms with E-state index in [0.717, 1.165) is 11.7 Å². The Kier molecular flexibility index (Phi) is 2.47. The van der Waals surface area contributed by atoms with Crippen LogP contribution in [0.15, 0.2) is 12.1 Å². The van der Waals surface area contributed by atoms with Gasteiger partial charge < -0.3 is 5.32 Å². The SMILES string of the molecule is N#CC1(C(=O)Nc2c(Cl)ccc3nsnc23)CC1. The van der Waals surface area contributed by atoms with Gasteiger partial charge in [0.05, 0.1) is 28.5 Å². The fourth-order valence-electron chi connectivity index (χ4n) is 1.69. The van der Waals surface area contributed by atoms with E-state index in [4.69, 9.17) is 16.9 Å². The van der Waals surface area contributed by atoms with Crippen molar-refractivity contribution in [1.29, 1.82) is 5.26 Å². The number of anilines is 1. The summed E-state index contributed by atoms with van der Waals surface area (Å²) in [5.74, 6) is -0.313. The van der Waals surface area contributed by atoms with E-state index in [2.05, 4.69) is 14.1 Å². The van der Waals surface area contributed by atoms with Gasteiger partial charge in [0.25, 0.3) is 0 Å². The van der Waals surface area contributed by atoms with Crippen molar-refractivity contribution >= 4 is 46.0 Å². The van der Waals surface area contributed by atoms with Crippen LogP contribution in [0.25, 0.3) is 11.0 Å². The van der Waals surface area contributed by atoms with Gasteiger partial charge in [0.1, 0.15) is 16.4 Å². The van der Waals surface area contributed by atoms with E-state index < -0.39 is 5.41 Å². The molecule has 2 aromatic rings. The van der Waals surface area contributed by atoms with Gasteiger partial charge in [-0.2, -0.15) is 14.0 Å². The quantitative estimate of drug-likeness (QED) is 0.916. The number of halogens is 1. The predicted octanol–water partition coefficient (Wildman–Crippen LogP) is 2.59. The van der Waals surface area contributed by atoms with E-state index in [1.807, 2.05) is 6.07 Å². The van der Waals surface area contributed by atoms with Crippen LogP contribution >= 0.6 is 23.3 Å². The van der Waals surface area contributed by atoms with Crippen molar-refractivity contribution < 1.29 is 4.79 Å². The zero-order chi connectivity index (χ0) is 12.8. The van der Waals surface area contributed by atoms with Crippen LogP contribution < -0.4 is 5.32 Å². The lowest BCUT2D eigenvalue weighted by Crippen LogP contribution is -2.23. The topological polar surface area (TPSA) is 78.7 Å². The molecule has 18 heavy (non-hydrogen) atoms. The minimum Gasteiger partial charge on any atom is -0.321 e. The number of nitriles is 1. The Labute approximate surface area is 112 Å². The molecule has 1 N–H and O–H groups in total. The van der Waals surface area contributed by atoms with Gasteiger partial charge in [-0.1, -0.05) is 11.6 Å². The van der Waals surface area contributed by atoms with Gasteiger partial charge >= 0.3 is 0 Å². The number of carbonyl (C=O) groups is 1. The first-order valence-electron chi connectivity index (χ1n) is 5.30. The molecule has 0 unspecified atom stereocenters. The third-order valence-corrected chi connectivity index (χ3v) is 3.87. The first-order valence-corrected chi connectivity index (χ1v) is 6.41. The molecule has 1 aliphatic rings. The molecule has 0 bridgehead atoms. The smallest absolute Gasteiger partial charge is 0.244 e. The summed E-state index contributed by atoms with van der Waals surface area (Å²) in [5.41, 5.74) is 0.806. The minimum atomic E-state index is -0.880. The fourth-order valence-corrected chi connectivity index (χ4v) is 2.44. The molecule has 1 aliphatic carbocycles. The number of amides is 1. The molecule has 3 rings (SSSR count). The van der Waals surface area contributed by atoms with Crippen molar-refractivity contribution in [1.82, 2.24) is 8.75 Å². The number of fused-ring (bicyclic) bond motifs is 1. The molecule has 5 nitrogen and oxygen atoms in total. The third-order valence-electron chi connectivity index (χ3n) is 3.01. The summed E-state index contributed by atoms with van der Waals surface area (Å²) in [6.07, 6.45) is 1.19. The fraction of sp³-hybridized carbons (Fsp3) is 0.273. The minimum absolute atomic E-state index is 0.313. The van der Waals surface area contributed by atoms with Gasteiger partial charge in [0.2, 0.25) is 5.91 Å². The Hall–Kier alpha value is -1.71. The van der Waals surface area contributed by atoms with Crippen LogP contribution in [-0.2, 0) is 4.79 Å². The molecule has 0 aliphatic heterocycles. The lowest BCUT2D eigenvalue weighted by Gasteiger charge is -2.09. The van der Waals surface area contributed by atoms with Crippen LogP contribution in [0.1, 0.15) is 12.8 Å². The first kappa shape index (κ1) is 11.4. The summed E-state index contributed by atoms with van der Waals surface area (Å²) in [6.45, 7) is 0. The Morgan fingerprint density at radius 2 is 2.28 bits per heavy atom. The molecule has 1 fully saturated rings. The predicted molar refractivity (Wildman–Crippen MR) is 68.3 cm³/mol. The molecule has 1 saturated carbocycles. The van der Waals surface area contributed by atoms with Crippen LogP contribution in [-0.4, -0.2) is 14.7 Å². The van der Waals surface area contributed by atoms with Crippen LogP contribution in [0.2, 0.25) is 5.02 Å². The largest absolute Gasteiger partial charge is 0.321 e. The highest BCUT2D eigenvalue weighted by Gasteiger charge is 2.50. The summed E-state index contributed by atoms with van der Waals surface area (Å²) in [6, 6.07) is 5.45. The second-order valence-electron chi connectivity index (χ2n) is 4.20. The van der Waals surface area contributed by atoms with E-state index in [1.165, 1.54) is 0 Å². The van der Waals surface area contributed by atoms with Crippen molar-refractivity contribution in [2.75, 3.05) is 5.32 Å². The molecule has 7 heteroatoms. The molecular weight excluding hydrogens is 272 g/mol. The molecule has 1 aromatic carbocycles. The highest BCUT2D eigenvalue weighted by molar-refractivity contribution is 7.00. The van der Waals surface area contributed by atoms with Crippen LogP contribution in [0.5, 0.6) is 0 Å². The summed E-state index contributed by atoms with van der Waals surface area (Å²) >= 11 is 7.11. The van der Waals surface area contributed by atoms with Gasteiger partial charge in [0.15, 0.2) is 0 Å². The normalized spacial score (nSPS) is 16.2. The molecule has 1 aromatic heterocycles. The Bertz CT molecular complexity index is 686. The molecular formula is C11H7ClN4OS. The number of carbonyl (C=O) groups excluding carboxylic acids is 1. The third kappa shape index (κ3) is 1.64. The maximum absolute atomic E-state index is 12.0. The van der Waals surface area contributed by atoms with Gasteiger partial charge in [-0.05, 0) is 25.0 Å². The number of aromatic nitrogens is 2. The van der Waals surface area contributed by atoms with Crippen molar-refractivity contribution in [3.63, 3.8) is 0 Å². The van der Waals surface area contributed by atoms with Crippen molar-refractivity contribution in [2.24, 2.45) is 5.41 Å². The van der Waals surface area contributed by atoms with Gasteiger partial charge in [-0.3, -0.25) is 4.79 Å². The maximum Gasteiger partial charge on any atom is 0.244 e. The molecule has 90 valence electrons. The van der Waals surface area contributed by atoms with E-state index >= 15 is 0 Å². The number of nitrogens with one attached hydrogen (secondary N) is 1. The van der Waals surface area contributed by atoms with E-state index in [9.17, 15) is 4.79 Å². The molecule has 0 radical (unpaired) electrons. The van der Waals surface area contributed by atoms with E-state index in [-0.39, 0.29) is 5.91 Å². The maximum atomic E-state index is 12.0. The number of benzene rings is 1. The molecule has 1 amide bonds. The van der Waals surface area contributed by atoms with Crippen molar-refractivity contribution in [3.05, 3.63) is 17.2 Å². The van der Waals surface area contributed by atoms with E-state index in [1.54, 1.807) is 12.1 Å². The lowest BCUT2D eigenvalue weighted by molar-refractivity contribution is -0.119. The monoisotopic (exact) mass is 278 g/mol. The van der Waals surface area contributed by atoms with Gasteiger partial charge in [0, 0.05) is 0 Å². The Morgan fingerprint density at radius 1 is 1.50 bits per heavy atom. The van der Waals surface area contributed by atoms with Crippen molar-refractivity contribution in [3.8, 4) is 6.07 Å². The molecule has 1 heterocycles. The Balaban J connectivity index is 2.00. The first-order chi connectivity index (χ1) is 8.66. The average molecular weight is 279 g/mol. The summed E-state index contributed by atoms with van der Waals surface area (Å²) in [7, 11) is 0. The second kappa shape index (κ2) is 3.90. The summed E-state index contributed by atoms with van der Waals surface area (Å²) in [5, 5.41) is 12.1. The van der Waals surface area contributed by atoms with Crippen LogP contribution in [0.3, 0.4) is 0 Å². The van der Waals surface area contributed by atoms with E-state index in [0.29, 0.717) is 34.6 Å². The Morgan fingerprint density at radius 3 is 2.94 bits per heavy atom. The second-order valence-corrected chi connectivity index (χ2v) is 5.14. The number of rotatable bonds is 2. The van der Waals surface area contributed by atoms with Crippen molar-refractivity contribution in [2.45, 2.75) is 12.8 Å². The van der Waals surface area contributed by atoms with Crippen LogP contribution in [0.4, 0.5) is 5.69 Å². The standard InChI is InChI=1S/C11H7ClN4OS/c12-6-1-2-7-9(16-18-15-7)8(6)14-10(17)11(5-13)3-4-11/h1-2H,3-4H2,(H,14,17). The van der Waals surface area contributed by atoms with Gasteiger partial charge in [-0.15, -0.1) is 0 Å². The summed E-state index contributed by atoms with van der Waals surface area (Å²) < 4.78 is 8.19. The number of nitrogens with zero attached hydrogens (tertiary/aromatic N) is 3. The highest BCUT2D eigenvalue weighted by atomic mass is 35.5. The zero-order valence-electron chi connectivity index (χ0n) is 9.11. The zero-order valence-corrected chi connectivity index (χ0v) is 10.7. The number of hydrogen-bond donors (Lipinski definition) is 1. The highest BCUT2D eigenvalue weighted by Crippen LogP contribution is 2.46.